The minimum Gasteiger partial charge on any atom is -0.311 e. The summed E-state index contributed by atoms with van der Waals surface area (Å²) in [6, 6.07) is 2.43. The van der Waals surface area contributed by atoms with E-state index in [1.54, 1.807) is 0 Å². The van der Waals surface area contributed by atoms with Crippen LogP contribution in [0.5, 0.6) is 0 Å². The summed E-state index contributed by atoms with van der Waals surface area (Å²) in [5.41, 5.74) is 1.14. The Morgan fingerprint density at radius 2 is 2.00 bits per heavy atom. The van der Waals surface area contributed by atoms with Crippen molar-refractivity contribution < 1.29 is 0 Å². The highest BCUT2D eigenvalue weighted by Crippen LogP contribution is 2.40. The Balaban J connectivity index is 2.20. The molecule has 0 saturated heterocycles. The Hall–Kier alpha value is 0.0700. The van der Waals surface area contributed by atoms with Crippen LogP contribution >= 0.6 is 31.9 Å². The van der Waals surface area contributed by atoms with Crippen molar-refractivity contribution in [2.24, 2.45) is 17.8 Å². The molecular weight excluding hydrogens is 368 g/mol. The van der Waals surface area contributed by atoms with Gasteiger partial charge in [-0.3, -0.25) is 4.98 Å². The summed E-state index contributed by atoms with van der Waals surface area (Å²) in [4.78, 5) is 4.61. The second-order valence-corrected chi connectivity index (χ2v) is 7.58. The van der Waals surface area contributed by atoms with Crippen LogP contribution in [0.4, 0.5) is 0 Å². The Bertz CT molecular complexity index is 436. The van der Waals surface area contributed by atoms with Crippen molar-refractivity contribution >= 4 is 31.9 Å². The highest BCUT2D eigenvalue weighted by molar-refractivity contribution is 9.11. The van der Waals surface area contributed by atoms with Crippen LogP contribution in [0, 0.1) is 17.8 Å². The van der Waals surface area contributed by atoms with Crippen molar-refractivity contribution in [3.63, 3.8) is 0 Å². The van der Waals surface area contributed by atoms with Gasteiger partial charge in [0.2, 0.25) is 0 Å². The predicted octanol–water partition coefficient (Wildman–Crippen LogP) is 4.94. The van der Waals surface area contributed by atoms with Gasteiger partial charge in [0.1, 0.15) is 0 Å². The largest absolute Gasteiger partial charge is 0.311 e. The van der Waals surface area contributed by atoms with E-state index in [0.29, 0.717) is 12.0 Å². The first kappa shape index (κ1) is 15.5. The van der Waals surface area contributed by atoms with Crippen LogP contribution < -0.4 is 5.32 Å². The van der Waals surface area contributed by atoms with E-state index in [1.807, 2.05) is 13.2 Å². The Morgan fingerprint density at radius 1 is 1.26 bits per heavy atom. The first-order valence-electron chi connectivity index (χ1n) is 7.01. The van der Waals surface area contributed by atoms with Crippen LogP contribution in [0.25, 0.3) is 0 Å². The average molecular weight is 390 g/mol. The van der Waals surface area contributed by atoms with Gasteiger partial charge in [0.25, 0.3) is 0 Å². The number of pyridine rings is 1. The molecule has 0 radical (unpaired) electrons. The molecule has 4 atom stereocenters. The number of nitrogens with zero attached hydrogens (tertiary/aromatic N) is 1. The van der Waals surface area contributed by atoms with Gasteiger partial charge in [0, 0.05) is 15.1 Å². The molecule has 0 bridgehead atoms. The molecule has 19 heavy (non-hydrogen) atoms. The van der Waals surface area contributed by atoms with Crippen LogP contribution in [-0.4, -0.2) is 12.0 Å². The van der Waals surface area contributed by atoms with Gasteiger partial charge in [-0.15, -0.1) is 0 Å². The van der Waals surface area contributed by atoms with E-state index in [1.165, 1.54) is 19.3 Å². The lowest BCUT2D eigenvalue weighted by Crippen LogP contribution is -2.32. The highest BCUT2D eigenvalue weighted by atomic mass is 79.9. The molecule has 1 aliphatic rings. The Labute approximate surface area is 133 Å². The van der Waals surface area contributed by atoms with Crippen LogP contribution in [0.1, 0.15) is 44.8 Å². The molecule has 106 valence electrons. The van der Waals surface area contributed by atoms with E-state index < -0.39 is 0 Å². The lowest BCUT2D eigenvalue weighted by atomic mass is 9.72. The number of rotatable bonds is 3. The molecule has 0 aliphatic heterocycles. The first-order valence-corrected chi connectivity index (χ1v) is 8.59. The summed E-state index contributed by atoms with van der Waals surface area (Å²) in [7, 11) is 2.05. The van der Waals surface area contributed by atoms with Crippen LogP contribution in [0.3, 0.4) is 0 Å². The van der Waals surface area contributed by atoms with Crippen molar-refractivity contribution in [1.29, 1.82) is 0 Å². The summed E-state index contributed by atoms with van der Waals surface area (Å²) in [5, 5.41) is 3.48. The molecule has 2 nitrogen and oxygen atoms in total. The van der Waals surface area contributed by atoms with E-state index in [-0.39, 0.29) is 0 Å². The summed E-state index contributed by atoms with van der Waals surface area (Å²) in [6.45, 7) is 4.76. The minimum atomic E-state index is 0.345. The van der Waals surface area contributed by atoms with Crippen LogP contribution in [-0.2, 0) is 0 Å². The molecule has 0 spiro atoms. The van der Waals surface area contributed by atoms with Crippen molar-refractivity contribution in [2.45, 2.75) is 39.2 Å². The number of nitrogens with one attached hydrogen (secondary N) is 1. The van der Waals surface area contributed by atoms with Crippen molar-refractivity contribution in [2.75, 3.05) is 7.05 Å². The van der Waals surface area contributed by atoms with Gasteiger partial charge in [0.05, 0.1) is 11.7 Å². The molecule has 4 heteroatoms. The third-order valence-corrected chi connectivity index (χ3v) is 5.62. The van der Waals surface area contributed by atoms with Crippen molar-refractivity contribution in [3.8, 4) is 0 Å². The number of aromatic nitrogens is 1. The molecule has 0 aromatic carbocycles. The molecule has 4 unspecified atom stereocenters. The molecule has 1 fully saturated rings. The molecule has 0 amide bonds. The maximum absolute atomic E-state index is 4.61. The SMILES string of the molecule is CNC(c1ncc(Br)cc1Br)C1CCC(C)C(C)C1. The number of hydrogen-bond donors (Lipinski definition) is 1. The fourth-order valence-corrected chi connectivity index (χ4v) is 4.38. The third kappa shape index (κ3) is 3.59. The fourth-order valence-electron chi connectivity index (χ4n) is 3.14. The predicted molar refractivity (Wildman–Crippen MR) is 87.1 cm³/mol. The van der Waals surface area contributed by atoms with Gasteiger partial charge in [-0.25, -0.2) is 0 Å². The summed E-state index contributed by atoms with van der Waals surface area (Å²) < 4.78 is 2.11. The normalized spacial score (nSPS) is 29.2. The fraction of sp³-hybridized carbons (Fsp3) is 0.667. The number of hydrogen-bond acceptors (Lipinski definition) is 2. The standard InChI is InChI=1S/C15H22Br2N2/c1-9-4-5-11(6-10(9)2)14(18-3)15-13(17)7-12(16)8-19-15/h7-11,14,18H,4-6H2,1-3H3. The van der Waals surface area contributed by atoms with Gasteiger partial charge in [0.15, 0.2) is 0 Å². The highest BCUT2D eigenvalue weighted by Gasteiger charge is 2.31. The zero-order valence-electron chi connectivity index (χ0n) is 11.8. The number of halogens is 2. The van der Waals surface area contributed by atoms with Crippen molar-refractivity contribution in [3.05, 3.63) is 26.9 Å². The van der Waals surface area contributed by atoms with Gasteiger partial charge in [-0.2, -0.15) is 0 Å². The third-order valence-electron chi connectivity index (χ3n) is 4.55. The molecule has 1 aromatic rings. The zero-order valence-corrected chi connectivity index (χ0v) is 15.0. The smallest absolute Gasteiger partial charge is 0.0718 e. The quantitative estimate of drug-likeness (QED) is 0.791. The topological polar surface area (TPSA) is 24.9 Å². The molecule has 2 rings (SSSR count). The molecule has 1 saturated carbocycles. The summed E-state index contributed by atoms with van der Waals surface area (Å²) >= 11 is 7.12. The summed E-state index contributed by atoms with van der Waals surface area (Å²) in [5.74, 6) is 2.35. The van der Waals surface area contributed by atoms with Gasteiger partial charge >= 0.3 is 0 Å². The van der Waals surface area contributed by atoms with Crippen LogP contribution in [0.15, 0.2) is 21.2 Å². The van der Waals surface area contributed by atoms with Gasteiger partial charge in [-0.1, -0.05) is 20.3 Å². The molecule has 1 heterocycles. The van der Waals surface area contributed by atoms with Crippen LogP contribution in [0.2, 0.25) is 0 Å². The van der Waals surface area contributed by atoms with E-state index in [9.17, 15) is 0 Å². The lowest BCUT2D eigenvalue weighted by molar-refractivity contribution is 0.173. The Morgan fingerprint density at radius 3 is 2.58 bits per heavy atom. The van der Waals surface area contributed by atoms with Gasteiger partial charge < -0.3 is 5.32 Å². The average Bonchev–Trinajstić information content (AvgIpc) is 2.37. The Kier molecular flexibility index (Phi) is 5.44. The molecular formula is C15H22Br2N2. The first-order chi connectivity index (χ1) is 9.02. The molecule has 1 N–H and O–H groups in total. The molecule has 1 aromatic heterocycles. The molecule has 1 aliphatic carbocycles. The zero-order chi connectivity index (χ0) is 14.0. The monoisotopic (exact) mass is 388 g/mol. The summed E-state index contributed by atoms with van der Waals surface area (Å²) in [6.07, 6.45) is 5.80. The minimum absolute atomic E-state index is 0.345. The van der Waals surface area contributed by atoms with E-state index in [4.69, 9.17) is 0 Å². The van der Waals surface area contributed by atoms with E-state index >= 15 is 0 Å². The maximum atomic E-state index is 4.61. The second kappa shape index (κ2) is 6.68. The lowest BCUT2D eigenvalue weighted by Gasteiger charge is -2.36. The van der Waals surface area contributed by atoms with Crippen molar-refractivity contribution in [1.82, 2.24) is 10.3 Å². The van der Waals surface area contributed by atoms with Gasteiger partial charge in [-0.05, 0) is 75.6 Å². The van der Waals surface area contributed by atoms with E-state index in [0.717, 1.165) is 26.5 Å². The maximum Gasteiger partial charge on any atom is 0.0718 e. The van der Waals surface area contributed by atoms with E-state index in [2.05, 4.69) is 62.1 Å². The second-order valence-electron chi connectivity index (χ2n) is 5.81.